The molecule has 3 rings (SSSR count). The maximum absolute atomic E-state index is 12.7. The fraction of sp³-hybridized carbons (Fsp3) is 0.480. The van der Waals surface area contributed by atoms with Crippen LogP contribution in [0, 0.1) is 6.92 Å². The van der Waals surface area contributed by atoms with Gasteiger partial charge in [-0.25, -0.2) is 12.7 Å². The summed E-state index contributed by atoms with van der Waals surface area (Å²) in [4.78, 5) is 15.2. The first kappa shape index (κ1) is 25.2. The molecular weight excluding hydrogens is 436 g/mol. The van der Waals surface area contributed by atoms with E-state index in [1.54, 1.807) is 12.1 Å². The maximum atomic E-state index is 12.7. The van der Waals surface area contributed by atoms with Crippen molar-refractivity contribution in [3.05, 3.63) is 53.6 Å². The van der Waals surface area contributed by atoms with Gasteiger partial charge >= 0.3 is 0 Å². The number of carbonyl (C=O) groups excluding carboxylic acids is 1. The number of hydrogen-bond acceptors (Lipinski definition) is 5. The van der Waals surface area contributed by atoms with E-state index in [-0.39, 0.29) is 17.3 Å². The molecule has 33 heavy (non-hydrogen) atoms. The van der Waals surface area contributed by atoms with Gasteiger partial charge in [-0.1, -0.05) is 43.5 Å². The SMILES string of the molecule is Cc1ccc(S(=O)(=O)N(C)C)cc1NC(=O)CNc1ccccc1CN(C)C1CCCCC1. The molecule has 2 N–H and O–H groups in total. The van der Waals surface area contributed by atoms with Crippen molar-refractivity contribution in [3.63, 3.8) is 0 Å². The number of nitrogens with zero attached hydrogens (tertiary/aromatic N) is 2. The third-order valence-corrected chi connectivity index (χ3v) is 8.15. The molecular formula is C25H36N4O3S. The molecule has 0 saturated heterocycles. The number of nitrogens with one attached hydrogen (secondary N) is 2. The Hall–Kier alpha value is -2.42. The van der Waals surface area contributed by atoms with Gasteiger partial charge in [-0.05, 0) is 56.1 Å². The van der Waals surface area contributed by atoms with Crippen LogP contribution in [0.4, 0.5) is 11.4 Å². The quantitative estimate of drug-likeness (QED) is 0.575. The van der Waals surface area contributed by atoms with Crippen molar-refractivity contribution in [1.29, 1.82) is 0 Å². The van der Waals surface area contributed by atoms with Crippen molar-refractivity contribution in [1.82, 2.24) is 9.21 Å². The van der Waals surface area contributed by atoms with Gasteiger partial charge in [0, 0.05) is 38.1 Å². The Morgan fingerprint density at radius 3 is 2.39 bits per heavy atom. The second-order valence-electron chi connectivity index (χ2n) is 9.03. The van der Waals surface area contributed by atoms with E-state index in [9.17, 15) is 13.2 Å². The Bertz CT molecular complexity index is 1060. The Labute approximate surface area is 198 Å². The third kappa shape index (κ3) is 6.56. The normalized spacial score (nSPS) is 15.1. The summed E-state index contributed by atoms with van der Waals surface area (Å²) in [6, 6.07) is 13.5. The number of benzene rings is 2. The van der Waals surface area contributed by atoms with Crippen molar-refractivity contribution < 1.29 is 13.2 Å². The van der Waals surface area contributed by atoms with Crippen LogP contribution in [0.15, 0.2) is 47.4 Å². The largest absolute Gasteiger partial charge is 0.376 e. The standard InChI is InChI=1S/C25H36N4O3S/c1-19-14-15-22(33(31,32)28(2)3)16-24(19)27-25(30)17-26-23-13-9-8-10-20(23)18-29(4)21-11-6-5-7-12-21/h8-10,13-16,21,26H,5-7,11-12,17-18H2,1-4H3,(H,27,30). The Morgan fingerprint density at radius 1 is 1.00 bits per heavy atom. The lowest BCUT2D eigenvalue weighted by atomic mass is 9.94. The first-order chi connectivity index (χ1) is 15.7. The highest BCUT2D eigenvalue weighted by atomic mass is 32.2. The molecule has 0 aromatic heterocycles. The summed E-state index contributed by atoms with van der Waals surface area (Å²) in [7, 11) is 1.58. The van der Waals surface area contributed by atoms with Gasteiger partial charge in [-0.2, -0.15) is 0 Å². The average Bonchev–Trinajstić information content (AvgIpc) is 2.80. The molecule has 0 radical (unpaired) electrons. The van der Waals surface area contributed by atoms with Crippen LogP contribution in [0.1, 0.15) is 43.2 Å². The monoisotopic (exact) mass is 472 g/mol. The first-order valence-electron chi connectivity index (χ1n) is 11.5. The number of para-hydroxylation sites is 1. The van der Waals surface area contributed by atoms with E-state index in [0.717, 1.165) is 27.7 Å². The van der Waals surface area contributed by atoms with Gasteiger partial charge < -0.3 is 10.6 Å². The topological polar surface area (TPSA) is 81.8 Å². The Balaban J connectivity index is 1.64. The molecule has 1 fully saturated rings. The molecule has 1 amide bonds. The number of carbonyl (C=O) groups is 1. The molecule has 0 atom stereocenters. The van der Waals surface area contributed by atoms with Gasteiger partial charge in [0.1, 0.15) is 0 Å². The molecule has 8 heteroatoms. The highest BCUT2D eigenvalue weighted by molar-refractivity contribution is 7.89. The average molecular weight is 473 g/mol. The van der Waals surface area contributed by atoms with E-state index in [1.807, 2.05) is 25.1 Å². The minimum Gasteiger partial charge on any atom is -0.376 e. The first-order valence-corrected chi connectivity index (χ1v) is 13.0. The van der Waals surface area contributed by atoms with Crippen LogP contribution in [-0.4, -0.2) is 57.3 Å². The predicted octanol–water partition coefficient (Wildman–Crippen LogP) is 4.06. The molecule has 2 aromatic carbocycles. The molecule has 180 valence electrons. The van der Waals surface area contributed by atoms with Gasteiger partial charge in [0.15, 0.2) is 0 Å². The van der Waals surface area contributed by atoms with Gasteiger partial charge in [0.2, 0.25) is 15.9 Å². The molecule has 1 saturated carbocycles. The number of amides is 1. The van der Waals surface area contributed by atoms with E-state index in [1.165, 1.54) is 52.3 Å². The molecule has 1 aliphatic rings. The highest BCUT2D eigenvalue weighted by Gasteiger charge is 2.20. The van der Waals surface area contributed by atoms with E-state index < -0.39 is 10.0 Å². The molecule has 0 aliphatic heterocycles. The van der Waals surface area contributed by atoms with Gasteiger partial charge in [0.05, 0.1) is 11.4 Å². The summed E-state index contributed by atoms with van der Waals surface area (Å²) in [5, 5.41) is 6.11. The molecule has 7 nitrogen and oxygen atoms in total. The number of rotatable bonds is 9. The zero-order chi connectivity index (χ0) is 24.0. The summed E-state index contributed by atoms with van der Waals surface area (Å²) in [5.41, 5.74) is 3.40. The van der Waals surface area contributed by atoms with E-state index in [4.69, 9.17) is 0 Å². The smallest absolute Gasteiger partial charge is 0.243 e. The van der Waals surface area contributed by atoms with E-state index in [2.05, 4.69) is 28.6 Å². The zero-order valence-corrected chi connectivity index (χ0v) is 20.9. The number of sulfonamides is 1. The lowest BCUT2D eigenvalue weighted by Crippen LogP contribution is -2.33. The van der Waals surface area contributed by atoms with Crippen molar-refractivity contribution in [2.75, 3.05) is 38.3 Å². The molecule has 0 spiro atoms. The second-order valence-corrected chi connectivity index (χ2v) is 11.2. The summed E-state index contributed by atoms with van der Waals surface area (Å²) in [5.74, 6) is -0.229. The minimum atomic E-state index is -3.57. The number of hydrogen-bond donors (Lipinski definition) is 2. The van der Waals surface area contributed by atoms with Crippen molar-refractivity contribution >= 4 is 27.3 Å². The maximum Gasteiger partial charge on any atom is 0.243 e. The van der Waals surface area contributed by atoms with Gasteiger partial charge in [-0.3, -0.25) is 9.69 Å². The summed E-state index contributed by atoms with van der Waals surface area (Å²) in [6.45, 7) is 2.76. The Morgan fingerprint density at radius 2 is 1.70 bits per heavy atom. The third-order valence-electron chi connectivity index (χ3n) is 6.34. The molecule has 0 bridgehead atoms. The molecule has 0 heterocycles. The minimum absolute atomic E-state index is 0.0915. The summed E-state index contributed by atoms with van der Waals surface area (Å²) in [6.07, 6.45) is 6.42. The Kier molecular flexibility index (Phi) is 8.51. The lowest BCUT2D eigenvalue weighted by Gasteiger charge is -2.31. The fourth-order valence-electron chi connectivity index (χ4n) is 4.23. The highest BCUT2D eigenvalue weighted by Crippen LogP contribution is 2.25. The van der Waals surface area contributed by atoms with Crippen molar-refractivity contribution in [2.24, 2.45) is 0 Å². The van der Waals surface area contributed by atoms with Crippen molar-refractivity contribution in [2.45, 2.75) is 56.5 Å². The fourth-order valence-corrected chi connectivity index (χ4v) is 5.16. The van der Waals surface area contributed by atoms with Gasteiger partial charge in [0.25, 0.3) is 0 Å². The van der Waals surface area contributed by atoms with Crippen LogP contribution in [0.2, 0.25) is 0 Å². The summed E-state index contributed by atoms with van der Waals surface area (Å²) < 4.78 is 26.0. The molecule has 0 unspecified atom stereocenters. The van der Waals surface area contributed by atoms with Crippen LogP contribution >= 0.6 is 0 Å². The number of anilines is 2. The molecule has 1 aliphatic carbocycles. The van der Waals surface area contributed by atoms with Crippen LogP contribution in [-0.2, 0) is 21.4 Å². The van der Waals surface area contributed by atoms with Crippen molar-refractivity contribution in [3.8, 4) is 0 Å². The second kappa shape index (κ2) is 11.1. The van der Waals surface area contributed by atoms with Crippen LogP contribution in [0.25, 0.3) is 0 Å². The van der Waals surface area contributed by atoms with E-state index >= 15 is 0 Å². The lowest BCUT2D eigenvalue weighted by molar-refractivity contribution is -0.114. The predicted molar refractivity (Wildman–Crippen MR) is 134 cm³/mol. The number of aryl methyl sites for hydroxylation is 1. The molecule has 2 aromatic rings. The van der Waals surface area contributed by atoms with Crippen LogP contribution in [0.5, 0.6) is 0 Å². The van der Waals surface area contributed by atoms with Crippen LogP contribution < -0.4 is 10.6 Å². The van der Waals surface area contributed by atoms with Gasteiger partial charge in [-0.15, -0.1) is 0 Å². The van der Waals surface area contributed by atoms with E-state index in [0.29, 0.717) is 11.7 Å². The van der Waals surface area contributed by atoms with Crippen LogP contribution in [0.3, 0.4) is 0 Å². The zero-order valence-electron chi connectivity index (χ0n) is 20.1. The summed E-state index contributed by atoms with van der Waals surface area (Å²) >= 11 is 0.